The Morgan fingerprint density at radius 1 is 1.04 bits per heavy atom. The molecule has 7 heteroatoms. The van der Waals surface area contributed by atoms with Gasteiger partial charge in [-0.15, -0.1) is 0 Å². The van der Waals surface area contributed by atoms with Crippen LogP contribution >= 0.6 is 0 Å². The van der Waals surface area contributed by atoms with E-state index in [0.29, 0.717) is 5.56 Å². The molecule has 5 nitrogen and oxygen atoms in total. The quantitative estimate of drug-likeness (QED) is 0.790. The van der Waals surface area contributed by atoms with Gasteiger partial charge in [0.1, 0.15) is 5.82 Å². The number of amides is 1. The third-order valence-electron chi connectivity index (χ3n) is 4.69. The number of halogens is 1. The summed E-state index contributed by atoms with van der Waals surface area (Å²) in [7, 11) is -3.86. The molecule has 27 heavy (non-hydrogen) atoms. The van der Waals surface area contributed by atoms with Gasteiger partial charge in [0, 0.05) is 12.6 Å². The van der Waals surface area contributed by atoms with Crippen molar-refractivity contribution in [3.05, 3.63) is 66.0 Å². The Balaban J connectivity index is 1.81. The highest BCUT2D eigenvalue weighted by molar-refractivity contribution is 7.89. The van der Waals surface area contributed by atoms with Crippen molar-refractivity contribution in [2.24, 2.45) is 0 Å². The summed E-state index contributed by atoms with van der Waals surface area (Å²) in [5.41, 5.74) is 0.615. The fraction of sp³-hybridized carbons (Fsp3) is 0.350. The van der Waals surface area contributed by atoms with Crippen LogP contribution in [0, 0.1) is 5.82 Å². The fourth-order valence-electron chi connectivity index (χ4n) is 3.26. The average molecular weight is 390 g/mol. The van der Waals surface area contributed by atoms with Gasteiger partial charge in [0.05, 0.1) is 11.4 Å². The number of sulfonamides is 1. The molecule has 1 aliphatic carbocycles. The van der Waals surface area contributed by atoms with Crippen LogP contribution in [0.4, 0.5) is 4.39 Å². The Kier molecular flexibility index (Phi) is 6.23. The van der Waals surface area contributed by atoms with Gasteiger partial charge in [-0.2, -0.15) is 4.31 Å². The third-order valence-corrected chi connectivity index (χ3v) is 6.50. The molecule has 0 spiro atoms. The first-order chi connectivity index (χ1) is 12.9. The highest BCUT2D eigenvalue weighted by Crippen LogP contribution is 2.20. The summed E-state index contributed by atoms with van der Waals surface area (Å²) >= 11 is 0. The maximum absolute atomic E-state index is 13.2. The molecule has 0 heterocycles. The first kappa shape index (κ1) is 19.5. The van der Waals surface area contributed by atoms with Gasteiger partial charge >= 0.3 is 0 Å². The molecule has 0 radical (unpaired) electrons. The van der Waals surface area contributed by atoms with E-state index >= 15 is 0 Å². The van der Waals surface area contributed by atoms with Crippen LogP contribution in [0.25, 0.3) is 0 Å². The first-order valence-corrected chi connectivity index (χ1v) is 10.5. The third kappa shape index (κ3) is 5.14. The summed E-state index contributed by atoms with van der Waals surface area (Å²) in [4.78, 5) is 12.6. The smallest absolute Gasteiger partial charge is 0.243 e. The molecule has 1 amide bonds. The average Bonchev–Trinajstić information content (AvgIpc) is 3.16. The van der Waals surface area contributed by atoms with Gasteiger partial charge in [-0.1, -0.05) is 43.2 Å². The number of rotatable bonds is 7. The second kappa shape index (κ2) is 8.63. The van der Waals surface area contributed by atoms with Crippen LogP contribution in [-0.2, 0) is 21.4 Å². The van der Waals surface area contributed by atoms with Gasteiger partial charge in [-0.05, 0) is 42.7 Å². The van der Waals surface area contributed by atoms with Crippen LogP contribution in [0.5, 0.6) is 0 Å². The van der Waals surface area contributed by atoms with Gasteiger partial charge in [0.25, 0.3) is 0 Å². The molecule has 0 atom stereocenters. The zero-order valence-electron chi connectivity index (χ0n) is 15.0. The number of nitrogens with one attached hydrogen (secondary N) is 1. The van der Waals surface area contributed by atoms with Crippen molar-refractivity contribution in [2.45, 2.75) is 43.2 Å². The molecule has 2 aromatic rings. The van der Waals surface area contributed by atoms with Gasteiger partial charge in [-0.3, -0.25) is 4.79 Å². The van der Waals surface area contributed by atoms with E-state index in [9.17, 15) is 17.6 Å². The fourth-order valence-corrected chi connectivity index (χ4v) is 4.67. The van der Waals surface area contributed by atoms with Crippen molar-refractivity contribution in [2.75, 3.05) is 6.54 Å². The minimum Gasteiger partial charge on any atom is -0.352 e. The van der Waals surface area contributed by atoms with Gasteiger partial charge in [-0.25, -0.2) is 12.8 Å². The summed E-state index contributed by atoms with van der Waals surface area (Å²) in [5.74, 6) is -0.710. The van der Waals surface area contributed by atoms with Crippen LogP contribution in [-0.4, -0.2) is 31.2 Å². The van der Waals surface area contributed by atoms with Crippen molar-refractivity contribution >= 4 is 15.9 Å². The zero-order valence-corrected chi connectivity index (χ0v) is 15.8. The molecule has 144 valence electrons. The second-order valence-corrected chi connectivity index (χ2v) is 8.70. The van der Waals surface area contributed by atoms with Crippen LogP contribution in [0.15, 0.2) is 59.5 Å². The summed E-state index contributed by atoms with van der Waals surface area (Å²) in [6.45, 7) is -0.277. The lowest BCUT2D eigenvalue weighted by molar-refractivity contribution is -0.122. The SMILES string of the molecule is O=C(CN(Cc1ccc(F)cc1)S(=O)(=O)c1ccccc1)NC1CCCC1. The van der Waals surface area contributed by atoms with E-state index in [0.717, 1.165) is 30.0 Å². The summed E-state index contributed by atoms with van der Waals surface area (Å²) in [5, 5.41) is 2.92. The molecule has 0 unspecified atom stereocenters. The van der Waals surface area contributed by atoms with Crippen molar-refractivity contribution in [3.8, 4) is 0 Å². The maximum atomic E-state index is 13.2. The molecular weight excluding hydrogens is 367 g/mol. The topological polar surface area (TPSA) is 66.5 Å². The van der Waals surface area contributed by atoms with E-state index in [4.69, 9.17) is 0 Å². The van der Waals surface area contributed by atoms with Gasteiger partial charge in [0.15, 0.2) is 0 Å². The Morgan fingerprint density at radius 2 is 1.67 bits per heavy atom. The van der Waals surface area contributed by atoms with Crippen molar-refractivity contribution < 1.29 is 17.6 Å². The van der Waals surface area contributed by atoms with Gasteiger partial charge in [0.2, 0.25) is 15.9 Å². The molecule has 0 bridgehead atoms. The minimum absolute atomic E-state index is 0.00437. The number of carbonyl (C=O) groups excluding carboxylic acids is 1. The monoisotopic (exact) mass is 390 g/mol. The van der Waals surface area contributed by atoms with E-state index < -0.39 is 15.8 Å². The zero-order chi connectivity index (χ0) is 19.3. The molecule has 1 fully saturated rings. The van der Waals surface area contributed by atoms with Crippen LogP contribution in [0.1, 0.15) is 31.2 Å². The number of hydrogen-bond donors (Lipinski definition) is 1. The van der Waals surface area contributed by atoms with Crippen molar-refractivity contribution in [1.82, 2.24) is 9.62 Å². The first-order valence-electron chi connectivity index (χ1n) is 9.04. The molecule has 0 saturated heterocycles. The Labute approximate surface area is 159 Å². The lowest BCUT2D eigenvalue weighted by atomic mass is 10.2. The van der Waals surface area contributed by atoms with E-state index in [-0.39, 0.29) is 29.9 Å². The van der Waals surface area contributed by atoms with Gasteiger partial charge < -0.3 is 5.32 Å². The molecule has 1 N–H and O–H groups in total. The van der Waals surface area contributed by atoms with Crippen molar-refractivity contribution in [1.29, 1.82) is 0 Å². The summed E-state index contributed by atoms with van der Waals surface area (Å²) in [6, 6.07) is 13.7. The van der Waals surface area contributed by atoms with E-state index in [1.54, 1.807) is 18.2 Å². The van der Waals surface area contributed by atoms with Crippen LogP contribution in [0.3, 0.4) is 0 Å². The Morgan fingerprint density at radius 3 is 2.30 bits per heavy atom. The predicted molar refractivity (Wildman–Crippen MR) is 101 cm³/mol. The molecule has 1 aliphatic rings. The van der Waals surface area contributed by atoms with Crippen molar-refractivity contribution in [3.63, 3.8) is 0 Å². The summed E-state index contributed by atoms with van der Waals surface area (Å²) < 4.78 is 40.4. The normalized spacial score (nSPS) is 15.2. The highest BCUT2D eigenvalue weighted by Gasteiger charge is 2.28. The van der Waals surface area contributed by atoms with Crippen LogP contribution < -0.4 is 5.32 Å². The largest absolute Gasteiger partial charge is 0.352 e. The van der Waals surface area contributed by atoms with E-state index in [2.05, 4.69) is 5.32 Å². The van der Waals surface area contributed by atoms with Crippen LogP contribution in [0.2, 0.25) is 0 Å². The molecule has 3 rings (SSSR count). The Bertz CT molecular complexity index is 864. The molecule has 1 saturated carbocycles. The number of benzene rings is 2. The number of carbonyl (C=O) groups is 1. The Hall–Kier alpha value is -2.25. The number of hydrogen-bond acceptors (Lipinski definition) is 3. The lowest BCUT2D eigenvalue weighted by Crippen LogP contribution is -2.43. The number of nitrogens with zero attached hydrogens (tertiary/aromatic N) is 1. The molecule has 2 aromatic carbocycles. The summed E-state index contributed by atoms with van der Waals surface area (Å²) in [6.07, 6.45) is 4.00. The lowest BCUT2D eigenvalue weighted by Gasteiger charge is -2.23. The molecule has 0 aromatic heterocycles. The second-order valence-electron chi connectivity index (χ2n) is 6.76. The molecule has 0 aliphatic heterocycles. The highest BCUT2D eigenvalue weighted by atomic mass is 32.2. The molecular formula is C20H23FN2O3S. The van der Waals surface area contributed by atoms with E-state index in [1.807, 2.05) is 0 Å². The predicted octanol–water partition coefficient (Wildman–Crippen LogP) is 3.08. The standard InChI is InChI=1S/C20H23FN2O3S/c21-17-12-10-16(11-13-17)14-23(15-20(24)22-18-6-4-5-7-18)27(25,26)19-8-2-1-3-9-19/h1-3,8-13,18H,4-7,14-15H2,(H,22,24). The maximum Gasteiger partial charge on any atom is 0.243 e. The minimum atomic E-state index is -3.86. The van der Waals surface area contributed by atoms with E-state index in [1.165, 1.54) is 36.4 Å².